The molecule has 0 aliphatic heterocycles. The maximum absolute atomic E-state index is 12.3. The Morgan fingerprint density at radius 2 is 1.44 bits per heavy atom. The Balaban J connectivity index is 1.84. The Bertz CT molecular complexity index is 1400. The number of unbranched alkanes of at least 4 members (excludes halogenated alkanes) is 4. The number of benzene rings is 2. The van der Waals surface area contributed by atoms with Crippen molar-refractivity contribution in [2.45, 2.75) is 168 Å². The van der Waals surface area contributed by atoms with Gasteiger partial charge in [-0.15, -0.1) is 0 Å². The van der Waals surface area contributed by atoms with Crippen LogP contribution in [-0.4, -0.2) is 41.4 Å². The lowest BCUT2D eigenvalue weighted by Crippen LogP contribution is -2.67. The molecule has 0 aromatic heterocycles. The summed E-state index contributed by atoms with van der Waals surface area (Å²) in [5.41, 5.74) is 0. The van der Waals surface area contributed by atoms with Gasteiger partial charge in [0.1, 0.15) is 6.10 Å². The Morgan fingerprint density at radius 3 is 2.02 bits per heavy atom. The first-order valence-corrected chi connectivity index (χ1v) is 26.0. The first kappa shape index (κ1) is 45.9. The van der Waals surface area contributed by atoms with Crippen LogP contribution in [0.5, 0.6) is 0 Å². The number of carbonyl (C=O) groups excluding carboxylic acids is 1. The molecule has 0 spiro atoms. The van der Waals surface area contributed by atoms with Gasteiger partial charge >= 0.3 is 5.97 Å². The maximum Gasteiger partial charge on any atom is 0.302 e. The number of hydrogen-bond donors (Lipinski definition) is 0. The predicted molar refractivity (Wildman–Crippen MR) is 237 cm³/mol. The third-order valence-electron chi connectivity index (χ3n) is 11.9. The van der Waals surface area contributed by atoms with Crippen molar-refractivity contribution in [2.24, 2.45) is 11.8 Å². The number of allylic oxidation sites excluding steroid dienone is 4. The van der Waals surface area contributed by atoms with E-state index in [2.05, 4.69) is 159 Å². The zero-order valence-electron chi connectivity index (χ0n) is 35.9. The summed E-state index contributed by atoms with van der Waals surface area (Å²) < 4.78 is 20.1. The molecule has 0 heterocycles. The molecule has 0 N–H and O–H groups in total. The van der Waals surface area contributed by atoms with E-state index < -0.39 is 16.6 Å². The molecule has 0 amide bonds. The minimum atomic E-state index is -2.73. The Hall–Kier alpha value is -2.52. The first-order valence-electron chi connectivity index (χ1n) is 21.2. The molecule has 1 saturated carbocycles. The van der Waals surface area contributed by atoms with Gasteiger partial charge in [-0.2, -0.15) is 0 Å². The van der Waals surface area contributed by atoms with E-state index in [0.29, 0.717) is 11.8 Å². The number of esters is 1. The number of hydrogen-bond acceptors (Lipinski definition) is 4. The average Bonchev–Trinajstić information content (AvgIpc) is 3.12. The number of carbonyl (C=O) groups is 1. The molecular formula is C48H76O4Si2. The van der Waals surface area contributed by atoms with Crippen molar-refractivity contribution in [1.29, 1.82) is 0 Å². The molecule has 4 unspecified atom stereocenters. The first-order chi connectivity index (χ1) is 25.6. The molecule has 2 aromatic rings. The van der Waals surface area contributed by atoms with Crippen LogP contribution in [0.25, 0.3) is 0 Å². The van der Waals surface area contributed by atoms with Gasteiger partial charge < -0.3 is 13.6 Å². The largest absolute Gasteiger partial charge is 0.462 e. The van der Waals surface area contributed by atoms with Crippen molar-refractivity contribution >= 4 is 33.0 Å². The van der Waals surface area contributed by atoms with Gasteiger partial charge in [-0.1, -0.05) is 171 Å². The Kier molecular flexibility index (Phi) is 18.9. The summed E-state index contributed by atoms with van der Waals surface area (Å²) >= 11 is 0. The van der Waals surface area contributed by atoms with Crippen LogP contribution in [0.1, 0.15) is 132 Å². The van der Waals surface area contributed by atoms with Crippen LogP contribution in [0.15, 0.2) is 97.1 Å². The van der Waals surface area contributed by atoms with Crippen LogP contribution < -0.4 is 10.4 Å². The fourth-order valence-corrected chi connectivity index (χ4v) is 13.5. The maximum atomic E-state index is 12.3. The summed E-state index contributed by atoms with van der Waals surface area (Å²) in [6, 6.07) is 21.9. The van der Waals surface area contributed by atoms with Gasteiger partial charge in [0.25, 0.3) is 8.32 Å². The summed E-state index contributed by atoms with van der Waals surface area (Å²) in [5.74, 6) is 0.548. The highest BCUT2D eigenvalue weighted by Gasteiger charge is 2.51. The summed E-state index contributed by atoms with van der Waals surface area (Å²) in [4.78, 5) is 12.3. The van der Waals surface area contributed by atoms with Crippen LogP contribution in [0.3, 0.4) is 0 Å². The second-order valence-electron chi connectivity index (χ2n) is 18.2. The van der Waals surface area contributed by atoms with E-state index in [1.807, 2.05) is 0 Å². The number of ether oxygens (including phenoxy) is 1. The normalized spacial score (nSPS) is 18.8. The van der Waals surface area contributed by atoms with Gasteiger partial charge in [0, 0.05) is 19.4 Å². The molecule has 6 heteroatoms. The lowest BCUT2D eigenvalue weighted by molar-refractivity contribution is -0.151. The van der Waals surface area contributed by atoms with Gasteiger partial charge in [-0.25, -0.2) is 0 Å². The van der Waals surface area contributed by atoms with Crippen LogP contribution >= 0.6 is 0 Å². The van der Waals surface area contributed by atoms with Crippen molar-refractivity contribution in [3.63, 3.8) is 0 Å². The average molecular weight is 773 g/mol. The second-order valence-corrected chi connectivity index (χ2v) is 27.2. The summed E-state index contributed by atoms with van der Waals surface area (Å²) in [7, 11) is -4.49. The lowest BCUT2D eigenvalue weighted by atomic mass is 9.75. The molecule has 54 heavy (non-hydrogen) atoms. The summed E-state index contributed by atoms with van der Waals surface area (Å²) in [6.07, 6.45) is 26.9. The topological polar surface area (TPSA) is 44.8 Å². The van der Waals surface area contributed by atoms with E-state index >= 15 is 0 Å². The molecule has 300 valence electrons. The van der Waals surface area contributed by atoms with Crippen LogP contribution in [0.4, 0.5) is 0 Å². The quantitative estimate of drug-likeness (QED) is 0.0417. The third-order valence-corrected chi connectivity index (χ3v) is 21.5. The van der Waals surface area contributed by atoms with Crippen LogP contribution in [0, 0.1) is 11.8 Å². The van der Waals surface area contributed by atoms with Crippen molar-refractivity contribution in [1.82, 2.24) is 0 Å². The van der Waals surface area contributed by atoms with Gasteiger partial charge in [0.2, 0.25) is 0 Å². The zero-order chi connectivity index (χ0) is 39.7. The highest BCUT2D eigenvalue weighted by Crippen LogP contribution is 2.40. The van der Waals surface area contributed by atoms with Crippen LogP contribution in [0.2, 0.25) is 23.2 Å². The van der Waals surface area contributed by atoms with E-state index in [1.54, 1.807) is 6.92 Å². The molecular weight excluding hydrogens is 697 g/mol. The fourth-order valence-electron chi connectivity index (χ4n) is 7.79. The minimum Gasteiger partial charge on any atom is -0.462 e. The smallest absolute Gasteiger partial charge is 0.302 e. The van der Waals surface area contributed by atoms with E-state index in [-0.39, 0.29) is 28.3 Å². The van der Waals surface area contributed by atoms with E-state index in [0.717, 1.165) is 51.6 Å². The summed E-state index contributed by atoms with van der Waals surface area (Å²) in [6.45, 7) is 23.2. The fraction of sp³-hybridized carbons (Fsp3) is 0.604. The van der Waals surface area contributed by atoms with Crippen LogP contribution in [-0.2, 0) is 18.4 Å². The van der Waals surface area contributed by atoms with Gasteiger partial charge in [0.05, 0.1) is 6.10 Å². The van der Waals surface area contributed by atoms with E-state index in [9.17, 15) is 4.79 Å². The molecule has 0 saturated heterocycles. The van der Waals surface area contributed by atoms with Crippen molar-refractivity contribution in [3.05, 3.63) is 97.1 Å². The Labute approximate surface area is 333 Å². The molecule has 0 bridgehead atoms. The monoisotopic (exact) mass is 773 g/mol. The lowest BCUT2D eigenvalue weighted by Gasteiger charge is -2.44. The predicted octanol–water partition coefficient (Wildman–Crippen LogP) is 12.5. The van der Waals surface area contributed by atoms with E-state index in [1.165, 1.54) is 42.5 Å². The molecule has 1 aliphatic carbocycles. The van der Waals surface area contributed by atoms with Gasteiger partial charge in [-0.05, 0) is 90.8 Å². The zero-order valence-corrected chi connectivity index (χ0v) is 37.9. The highest BCUT2D eigenvalue weighted by molar-refractivity contribution is 6.99. The number of rotatable bonds is 21. The molecule has 2 aromatic carbocycles. The SMILES string of the molecule is CCCCCC=CCC(C=CC=CC1CCCCC1C(CCCCO[Si](C)(C)C(C)(C)C)OC(C)=O)O[Si](c1ccccc1)(c1ccccc1)C(C)(C)C. The molecule has 4 atom stereocenters. The Morgan fingerprint density at radius 1 is 0.815 bits per heavy atom. The standard InChI is InChI=1S/C48H76O4Si2/c1-11-12-13-14-15-18-31-42(52-54(48(6,7)8,43-33-19-16-20-34-43)44-35-21-17-22-36-44)32-25-23-29-41-30-24-26-37-45(41)46(51-40(2)49)38-27-28-39-50-53(9,10)47(3,4)5/h15-23,25,29,32-36,41-42,45-46H,11-14,24,26-28,30-31,37-39H2,1-10H3. The van der Waals surface area contributed by atoms with Crippen molar-refractivity contribution in [3.8, 4) is 0 Å². The minimum absolute atomic E-state index is 0.0571. The summed E-state index contributed by atoms with van der Waals surface area (Å²) in [5, 5.41) is 2.72. The molecule has 4 nitrogen and oxygen atoms in total. The van der Waals surface area contributed by atoms with Crippen molar-refractivity contribution < 1.29 is 18.4 Å². The third kappa shape index (κ3) is 13.9. The highest BCUT2D eigenvalue weighted by atomic mass is 28.4. The van der Waals surface area contributed by atoms with Crippen molar-refractivity contribution in [2.75, 3.05) is 6.61 Å². The van der Waals surface area contributed by atoms with Gasteiger partial charge in [-0.3, -0.25) is 4.79 Å². The molecule has 1 aliphatic rings. The van der Waals surface area contributed by atoms with Gasteiger partial charge in [0.15, 0.2) is 8.32 Å². The molecule has 0 radical (unpaired) electrons. The van der Waals surface area contributed by atoms with E-state index in [4.69, 9.17) is 13.6 Å². The molecule has 1 fully saturated rings. The second kappa shape index (κ2) is 22.3. The molecule has 3 rings (SSSR count).